The van der Waals surface area contributed by atoms with E-state index >= 15 is 0 Å². The van der Waals surface area contributed by atoms with Crippen LogP contribution >= 0.6 is 0 Å². The normalized spacial score (nSPS) is 18.0. The van der Waals surface area contributed by atoms with Crippen molar-refractivity contribution in [3.05, 3.63) is 65.5 Å². The molecule has 0 aliphatic carbocycles. The summed E-state index contributed by atoms with van der Waals surface area (Å²) < 4.78 is 40.0. The van der Waals surface area contributed by atoms with Gasteiger partial charge in [-0.1, -0.05) is 18.2 Å². The first-order valence-electron chi connectivity index (χ1n) is 7.54. The summed E-state index contributed by atoms with van der Waals surface area (Å²) in [6.07, 6.45) is -1.82. The smallest absolute Gasteiger partial charge is 0.352 e. The van der Waals surface area contributed by atoms with Gasteiger partial charge in [-0.2, -0.15) is 13.2 Å². The van der Waals surface area contributed by atoms with Crippen LogP contribution in [-0.2, 0) is 11.0 Å². The molecule has 1 N–H and O–H groups in total. The van der Waals surface area contributed by atoms with Crippen molar-refractivity contribution in [1.29, 1.82) is 0 Å². The fourth-order valence-corrected chi connectivity index (χ4v) is 2.84. The van der Waals surface area contributed by atoms with Crippen LogP contribution in [0.4, 0.5) is 13.2 Å². The molecule has 25 heavy (non-hydrogen) atoms. The van der Waals surface area contributed by atoms with Gasteiger partial charge in [0.15, 0.2) is 0 Å². The fourth-order valence-electron chi connectivity index (χ4n) is 2.84. The van der Waals surface area contributed by atoms with Crippen LogP contribution in [0.25, 0.3) is 0 Å². The molecule has 0 spiro atoms. The van der Waals surface area contributed by atoms with Crippen molar-refractivity contribution in [3.63, 3.8) is 0 Å². The van der Waals surface area contributed by atoms with Crippen molar-refractivity contribution < 1.29 is 22.8 Å². The van der Waals surface area contributed by atoms with Crippen LogP contribution in [0.2, 0.25) is 0 Å². The van der Waals surface area contributed by atoms with Crippen LogP contribution in [0, 0.1) is 0 Å². The van der Waals surface area contributed by atoms with Crippen LogP contribution in [0.5, 0.6) is 0 Å². The molecule has 1 saturated heterocycles. The molecule has 1 aliphatic heterocycles. The molecule has 1 atom stereocenters. The molecule has 0 unspecified atom stereocenters. The quantitative estimate of drug-likeness (QED) is 0.906. The molecule has 8 heteroatoms. The third-order valence-electron chi connectivity index (χ3n) is 3.94. The highest BCUT2D eigenvalue weighted by molar-refractivity contribution is 5.98. The zero-order valence-corrected chi connectivity index (χ0v) is 13.0. The van der Waals surface area contributed by atoms with E-state index in [2.05, 4.69) is 10.3 Å². The zero-order chi connectivity index (χ0) is 18.0. The molecule has 1 fully saturated rings. The maximum Gasteiger partial charge on any atom is 0.416 e. The molecule has 5 nitrogen and oxygen atoms in total. The summed E-state index contributed by atoms with van der Waals surface area (Å²) in [6, 6.07) is 6.51. The number of carbonyl (C=O) groups excluding carboxylic acids is 2. The molecule has 1 aliphatic rings. The Hall–Kier alpha value is -2.90. The van der Waals surface area contributed by atoms with Crippen molar-refractivity contribution in [3.8, 4) is 0 Å². The zero-order valence-electron chi connectivity index (χ0n) is 13.0. The number of hydrogen-bond acceptors (Lipinski definition) is 3. The number of aromatic nitrogens is 1. The SMILES string of the molecule is O=C1NCCN(C(=O)c2cccnc2)[C@@H]1c1ccccc1C(F)(F)F. The summed E-state index contributed by atoms with van der Waals surface area (Å²) in [5.41, 5.74) is -0.961. The number of hydrogen-bond donors (Lipinski definition) is 1. The van der Waals surface area contributed by atoms with Crippen LogP contribution < -0.4 is 5.32 Å². The summed E-state index contributed by atoms with van der Waals surface area (Å²) >= 11 is 0. The molecule has 2 amide bonds. The van der Waals surface area contributed by atoms with E-state index in [0.717, 1.165) is 11.0 Å². The Morgan fingerprint density at radius 1 is 1.20 bits per heavy atom. The van der Waals surface area contributed by atoms with Gasteiger partial charge in [0, 0.05) is 25.5 Å². The van der Waals surface area contributed by atoms with E-state index in [1.54, 1.807) is 6.07 Å². The first kappa shape index (κ1) is 16.9. The summed E-state index contributed by atoms with van der Waals surface area (Å²) in [5, 5.41) is 2.53. The average Bonchev–Trinajstić information content (AvgIpc) is 2.61. The minimum Gasteiger partial charge on any atom is -0.352 e. The first-order valence-corrected chi connectivity index (χ1v) is 7.54. The summed E-state index contributed by atoms with van der Waals surface area (Å²) in [6.45, 7) is 0.284. The van der Waals surface area contributed by atoms with Crippen LogP contribution in [0.1, 0.15) is 27.5 Å². The fraction of sp³-hybridized carbons (Fsp3) is 0.235. The number of piperazine rings is 1. The van der Waals surface area contributed by atoms with E-state index in [4.69, 9.17) is 0 Å². The van der Waals surface area contributed by atoms with Gasteiger partial charge in [-0.25, -0.2) is 0 Å². The standard InChI is InChI=1S/C17H14F3N3O2/c18-17(19,20)13-6-2-1-5-12(13)14-15(24)22-8-9-23(14)16(25)11-4-3-7-21-10-11/h1-7,10,14H,8-9H2,(H,22,24)/t14-/m1/s1. The lowest BCUT2D eigenvalue weighted by Gasteiger charge is -2.36. The van der Waals surface area contributed by atoms with E-state index in [-0.39, 0.29) is 24.2 Å². The highest BCUT2D eigenvalue weighted by atomic mass is 19.4. The topological polar surface area (TPSA) is 62.3 Å². The molecule has 0 bridgehead atoms. The number of rotatable bonds is 2. The van der Waals surface area contributed by atoms with Gasteiger partial charge in [-0.3, -0.25) is 14.6 Å². The summed E-state index contributed by atoms with van der Waals surface area (Å²) in [7, 11) is 0. The number of alkyl halides is 3. The molecule has 1 aromatic heterocycles. The summed E-state index contributed by atoms with van der Waals surface area (Å²) in [5.74, 6) is -1.18. The number of carbonyl (C=O) groups is 2. The lowest BCUT2D eigenvalue weighted by molar-refractivity contribution is -0.139. The van der Waals surface area contributed by atoms with Crippen molar-refractivity contribution in [2.24, 2.45) is 0 Å². The molecule has 1 aromatic carbocycles. The molecule has 0 saturated carbocycles. The van der Waals surface area contributed by atoms with E-state index in [1.165, 1.54) is 36.7 Å². The van der Waals surface area contributed by atoms with Gasteiger partial charge in [-0.05, 0) is 23.8 Å². The molecule has 0 radical (unpaired) electrons. The van der Waals surface area contributed by atoms with E-state index in [0.29, 0.717) is 0 Å². The van der Waals surface area contributed by atoms with Gasteiger partial charge in [0.1, 0.15) is 6.04 Å². The third-order valence-corrected chi connectivity index (χ3v) is 3.94. The Balaban J connectivity index is 2.06. The Morgan fingerprint density at radius 2 is 1.96 bits per heavy atom. The molecule has 2 aromatic rings. The van der Waals surface area contributed by atoms with Crippen molar-refractivity contribution in [1.82, 2.24) is 15.2 Å². The van der Waals surface area contributed by atoms with Crippen LogP contribution in [-0.4, -0.2) is 34.8 Å². The number of pyridine rings is 1. The maximum absolute atomic E-state index is 13.3. The Bertz CT molecular complexity index is 793. The van der Waals surface area contributed by atoms with Gasteiger partial charge >= 0.3 is 6.18 Å². The molecule has 130 valence electrons. The first-order chi connectivity index (χ1) is 11.9. The summed E-state index contributed by atoms with van der Waals surface area (Å²) in [4.78, 5) is 30.0. The molecular weight excluding hydrogens is 335 g/mol. The van der Waals surface area contributed by atoms with E-state index < -0.39 is 29.6 Å². The number of benzene rings is 1. The minimum absolute atomic E-state index is 0.107. The van der Waals surface area contributed by atoms with E-state index in [1.807, 2.05) is 0 Å². The number of nitrogens with zero attached hydrogens (tertiary/aromatic N) is 2. The molecular formula is C17H14F3N3O2. The maximum atomic E-state index is 13.3. The highest BCUT2D eigenvalue weighted by Crippen LogP contribution is 2.37. The predicted octanol–water partition coefficient (Wildman–Crippen LogP) is 2.41. The van der Waals surface area contributed by atoms with Gasteiger partial charge in [-0.15, -0.1) is 0 Å². The van der Waals surface area contributed by atoms with E-state index in [9.17, 15) is 22.8 Å². The van der Waals surface area contributed by atoms with Crippen LogP contribution in [0.15, 0.2) is 48.8 Å². The second kappa shape index (κ2) is 6.54. The van der Waals surface area contributed by atoms with Crippen molar-refractivity contribution in [2.75, 3.05) is 13.1 Å². The lowest BCUT2D eigenvalue weighted by atomic mass is 9.96. The average molecular weight is 349 g/mol. The number of amides is 2. The largest absolute Gasteiger partial charge is 0.416 e. The second-order valence-corrected chi connectivity index (χ2v) is 5.52. The Kier molecular flexibility index (Phi) is 4.43. The number of halogens is 3. The Morgan fingerprint density at radius 3 is 2.64 bits per heavy atom. The molecule has 3 rings (SSSR count). The monoisotopic (exact) mass is 349 g/mol. The highest BCUT2D eigenvalue weighted by Gasteiger charge is 2.41. The number of nitrogens with one attached hydrogen (secondary N) is 1. The predicted molar refractivity (Wildman–Crippen MR) is 82.5 cm³/mol. The lowest BCUT2D eigenvalue weighted by Crippen LogP contribution is -2.52. The third kappa shape index (κ3) is 3.33. The van der Waals surface area contributed by atoms with Gasteiger partial charge in [0.05, 0.1) is 11.1 Å². The van der Waals surface area contributed by atoms with Gasteiger partial charge in [0.25, 0.3) is 5.91 Å². The van der Waals surface area contributed by atoms with Crippen molar-refractivity contribution >= 4 is 11.8 Å². The minimum atomic E-state index is -4.63. The van der Waals surface area contributed by atoms with Crippen LogP contribution in [0.3, 0.4) is 0 Å². The molecule has 2 heterocycles. The van der Waals surface area contributed by atoms with Crippen molar-refractivity contribution in [2.45, 2.75) is 12.2 Å². The Labute approximate surface area is 141 Å². The van der Waals surface area contributed by atoms with Gasteiger partial charge < -0.3 is 10.2 Å². The van der Waals surface area contributed by atoms with Gasteiger partial charge in [0.2, 0.25) is 5.91 Å². The second-order valence-electron chi connectivity index (χ2n) is 5.52.